The van der Waals surface area contributed by atoms with E-state index in [0.29, 0.717) is 27.4 Å². The Bertz CT molecular complexity index is 1120. The number of rotatable bonds is 6. The number of nitrogens with one attached hydrogen (secondary N) is 1. The molecule has 0 spiro atoms. The molecule has 8 heteroatoms. The van der Waals surface area contributed by atoms with Crippen LogP contribution in [0.1, 0.15) is 27.0 Å². The van der Waals surface area contributed by atoms with Crippen molar-refractivity contribution in [3.8, 4) is 11.8 Å². The third-order valence-electron chi connectivity index (χ3n) is 3.97. The van der Waals surface area contributed by atoms with Crippen molar-refractivity contribution in [1.29, 1.82) is 5.26 Å². The average Bonchev–Trinajstić information content (AvgIpc) is 2.73. The number of nitriles is 1. The van der Waals surface area contributed by atoms with Crippen LogP contribution in [0.2, 0.25) is 5.02 Å². The van der Waals surface area contributed by atoms with Gasteiger partial charge in [-0.25, -0.2) is 9.82 Å². The summed E-state index contributed by atoms with van der Waals surface area (Å²) < 4.78 is 20.3. The first-order chi connectivity index (χ1) is 14.5. The predicted molar refractivity (Wildman–Crippen MR) is 116 cm³/mol. The van der Waals surface area contributed by atoms with E-state index in [9.17, 15) is 9.18 Å². The smallest absolute Gasteiger partial charge is 0.274 e. The lowest BCUT2D eigenvalue weighted by molar-refractivity contribution is 0.0951. The number of hydrazone groups is 1. The number of ether oxygens (including phenoxy) is 1. The lowest BCUT2D eigenvalue weighted by Gasteiger charge is -2.11. The summed E-state index contributed by atoms with van der Waals surface area (Å²) >= 11 is 9.73. The normalized spacial score (nSPS) is 10.6. The summed E-state index contributed by atoms with van der Waals surface area (Å²) in [4.78, 5) is 12.1. The second-order valence-electron chi connectivity index (χ2n) is 6.09. The van der Waals surface area contributed by atoms with Gasteiger partial charge in [-0.2, -0.15) is 10.4 Å². The van der Waals surface area contributed by atoms with Crippen LogP contribution < -0.4 is 10.2 Å². The Balaban J connectivity index is 1.66. The summed E-state index contributed by atoms with van der Waals surface area (Å²) in [5, 5.41) is 12.9. The molecule has 0 aliphatic carbocycles. The van der Waals surface area contributed by atoms with Crippen molar-refractivity contribution in [3.05, 3.63) is 98.2 Å². The lowest BCUT2D eigenvalue weighted by Crippen LogP contribution is -2.19. The molecular weight excluding hydrogens is 473 g/mol. The van der Waals surface area contributed by atoms with E-state index in [2.05, 4.69) is 26.5 Å². The Kier molecular flexibility index (Phi) is 7.17. The number of halogens is 3. The topological polar surface area (TPSA) is 74.5 Å². The molecule has 0 saturated carbocycles. The van der Waals surface area contributed by atoms with Gasteiger partial charge in [0, 0.05) is 0 Å². The number of hydrogen-bond acceptors (Lipinski definition) is 4. The zero-order chi connectivity index (χ0) is 21.5. The van der Waals surface area contributed by atoms with E-state index in [1.54, 1.807) is 18.2 Å². The maximum Gasteiger partial charge on any atom is 0.274 e. The Labute approximate surface area is 185 Å². The first-order valence-electron chi connectivity index (χ1n) is 8.66. The summed E-state index contributed by atoms with van der Waals surface area (Å²) in [7, 11) is 0. The van der Waals surface area contributed by atoms with Gasteiger partial charge < -0.3 is 4.74 Å². The molecule has 0 unspecified atom stereocenters. The van der Waals surface area contributed by atoms with Crippen LogP contribution in [0.15, 0.2) is 70.2 Å². The third kappa shape index (κ3) is 5.44. The van der Waals surface area contributed by atoms with Gasteiger partial charge in [0.05, 0.1) is 32.9 Å². The van der Waals surface area contributed by atoms with Crippen LogP contribution in [0.5, 0.6) is 5.75 Å². The molecule has 5 nitrogen and oxygen atoms in total. The highest BCUT2D eigenvalue weighted by molar-refractivity contribution is 9.10. The summed E-state index contributed by atoms with van der Waals surface area (Å²) in [6.45, 7) is 0.360. The molecule has 0 bridgehead atoms. The van der Waals surface area contributed by atoms with E-state index in [4.69, 9.17) is 21.6 Å². The minimum Gasteiger partial charge on any atom is -0.486 e. The van der Waals surface area contributed by atoms with Crippen molar-refractivity contribution < 1.29 is 13.9 Å². The van der Waals surface area contributed by atoms with E-state index in [1.807, 2.05) is 30.3 Å². The van der Waals surface area contributed by atoms with Crippen molar-refractivity contribution in [2.45, 2.75) is 6.61 Å². The van der Waals surface area contributed by atoms with Crippen LogP contribution in [-0.4, -0.2) is 12.1 Å². The molecule has 0 aliphatic rings. The van der Waals surface area contributed by atoms with E-state index in [-0.39, 0.29) is 11.1 Å². The Morgan fingerprint density at radius 3 is 2.67 bits per heavy atom. The van der Waals surface area contributed by atoms with Crippen LogP contribution in [0.25, 0.3) is 0 Å². The molecule has 150 valence electrons. The minimum absolute atomic E-state index is 0.126. The first-order valence-corrected chi connectivity index (χ1v) is 9.84. The van der Waals surface area contributed by atoms with Gasteiger partial charge in [0.15, 0.2) is 5.75 Å². The van der Waals surface area contributed by atoms with Crippen molar-refractivity contribution in [2.75, 3.05) is 0 Å². The molecule has 0 radical (unpaired) electrons. The molecule has 0 saturated heterocycles. The van der Waals surface area contributed by atoms with E-state index in [0.717, 1.165) is 11.6 Å². The van der Waals surface area contributed by atoms with Gasteiger partial charge in [0.1, 0.15) is 12.4 Å². The van der Waals surface area contributed by atoms with Crippen LogP contribution in [0.3, 0.4) is 0 Å². The average molecular weight is 487 g/mol. The highest BCUT2D eigenvalue weighted by Crippen LogP contribution is 2.34. The number of amides is 1. The largest absolute Gasteiger partial charge is 0.486 e. The van der Waals surface area contributed by atoms with Crippen molar-refractivity contribution in [1.82, 2.24) is 5.43 Å². The Morgan fingerprint density at radius 1 is 1.23 bits per heavy atom. The fourth-order valence-electron chi connectivity index (χ4n) is 2.52. The van der Waals surface area contributed by atoms with E-state index in [1.165, 1.54) is 18.3 Å². The molecule has 1 amide bonds. The maximum atomic E-state index is 13.9. The van der Waals surface area contributed by atoms with Gasteiger partial charge in [-0.15, -0.1) is 0 Å². The molecule has 3 aromatic rings. The molecule has 0 aliphatic heterocycles. The van der Waals surface area contributed by atoms with Gasteiger partial charge in [-0.05, 0) is 57.4 Å². The maximum absolute atomic E-state index is 13.9. The highest BCUT2D eigenvalue weighted by Gasteiger charge is 2.12. The molecule has 0 heterocycles. The molecule has 1 N–H and O–H groups in total. The van der Waals surface area contributed by atoms with Crippen molar-refractivity contribution in [3.63, 3.8) is 0 Å². The third-order valence-corrected chi connectivity index (χ3v) is 4.84. The van der Waals surface area contributed by atoms with Gasteiger partial charge >= 0.3 is 0 Å². The zero-order valence-corrected chi connectivity index (χ0v) is 17.7. The monoisotopic (exact) mass is 485 g/mol. The van der Waals surface area contributed by atoms with E-state index >= 15 is 0 Å². The van der Waals surface area contributed by atoms with Crippen LogP contribution in [0, 0.1) is 17.1 Å². The van der Waals surface area contributed by atoms with Crippen LogP contribution in [-0.2, 0) is 6.61 Å². The second kappa shape index (κ2) is 10.0. The minimum atomic E-state index is -0.799. The summed E-state index contributed by atoms with van der Waals surface area (Å²) in [5.74, 6) is -1.05. The van der Waals surface area contributed by atoms with Crippen molar-refractivity contribution in [2.24, 2.45) is 5.10 Å². The second-order valence-corrected chi connectivity index (χ2v) is 7.36. The van der Waals surface area contributed by atoms with Crippen LogP contribution >= 0.6 is 27.5 Å². The zero-order valence-electron chi connectivity index (χ0n) is 15.4. The highest BCUT2D eigenvalue weighted by atomic mass is 79.9. The predicted octanol–water partition coefficient (Wildman–Crippen LogP) is 5.46. The molecule has 0 aromatic heterocycles. The fraction of sp³-hybridized carbons (Fsp3) is 0.0455. The summed E-state index contributed by atoms with van der Waals surface area (Å²) in [6, 6.07) is 18.4. The number of carbonyl (C=O) groups excluding carboxylic acids is 1. The molecule has 0 fully saturated rings. The number of nitrogens with zero attached hydrogens (tertiary/aromatic N) is 2. The lowest BCUT2D eigenvalue weighted by atomic mass is 10.1. The first kappa shape index (κ1) is 21.5. The molecule has 30 heavy (non-hydrogen) atoms. The van der Waals surface area contributed by atoms with Gasteiger partial charge in [-0.3, -0.25) is 4.79 Å². The standard InChI is InChI=1S/C22H14BrClFN3O2/c23-18-8-16(9-19(24)21(18)30-13-14-4-2-1-3-5-14)12-27-28-22(29)17-7-6-15(11-26)10-20(17)25/h1-10,12H,13H2,(H,28,29)/b27-12-. The molecule has 0 atom stereocenters. The Morgan fingerprint density at radius 2 is 2.00 bits per heavy atom. The fourth-order valence-corrected chi connectivity index (χ4v) is 3.50. The Hall–Kier alpha value is -3.21. The summed E-state index contributed by atoms with van der Waals surface area (Å²) in [5.41, 5.74) is 3.76. The molecular formula is C22H14BrClFN3O2. The van der Waals surface area contributed by atoms with Gasteiger partial charge in [0.2, 0.25) is 0 Å². The number of carbonyl (C=O) groups is 1. The quantitative estimate of drug-likeness (QED) is 0.371. The van der Waals surface area contributed by atoms with Crippen LogP contribution in [0.4, 0.5) is 4.39 Å². The summed E-state index contributed by atoms with van der Waals surface area (Å²) in [6.07, 6.45) is 1.37. The number of hydrogen-bond donors (Lipinski definition) is 1. The van der Waals surface area contributed by atoms with E-state index < -0.39 is 11.7 Å². The number of benzene rings is 3. The SMILES string of the molecule is N#Cc1ccc(C(=O)N/N=C\c2cc(Cl)c(OCc3ccccc3)c(Br)c2)c(F)c1. The van der Waals surface area contributed by atoms with Gasteiger partial charge in [0.25, 0.3) is 5.91 Å². The molecule has 3 aromatic carbocycles. The molecule has 3 rings (SSSR count). The van der Waals surface area contributed by atoms with Gasteiger partial charge in [-0.1, -0.05) is 41.9 Å². The van der Waals surface area contributed by atoms with Crippen molar-refractivity contribution >= 4 is 39.7 Å².